The number of nitrogens with zero attached hydrogens (tertiary/aromatic N) is 1. The van der Waals surface area contributed by atoms with Crippen molar-refractivity contribution in [2.75, 3.05) is 0 Å². The van der Waals surface area contributed by atoms with E-state index < -0.39 is 0 Å². The van der Waals surface area contributed by atoms with E-state index >= 15 is 0 Å². The highest BCUT2D eigenvalue weighted by molar-refractivity contribution is 5.77. The summed E-state index contributed by atoms with van der Waals surface area (Å²) in [4.78, 5) is 4.18. The Hall–Kier alpha value is -1.67. The van der Waals surface area contributed by atoms with Crippen LogP contribution in [0.15, 0.2) is 54.2 Å². The van der Waals surface area contributed by atoms with E-state index in [1.165, 1.54) is 63.2 Å². The minimum absolute atomic E-state index is 0.0766. The molecule has 2 aromatic rings. The lowest BCUT2D eigenvalue weighted by molar-refractivity contribution is -0.0573. The second kappa shape index (κ2) is 11.4. The number of hydrogen-bond acceptors (Lipinski definition) is 2. The minimum Gasteiger partial charge on any atom is -0.393 e. The molecule has 0 saturated heterocycles. The Morgan fingerprint density at radius 2 is 1.71 bits per heavy atom. The molecule has 0 spiro atoms. The molecule has 38 heavy (non-hydrogen) atoms. The summed E-state index contributed by atoms with van der Waals surface area (Å²) in [6.07, 6.45) is 19.0. The normalized spacial score (nSPS) is 36.9. The zero-order valence-corrected chi connectivity index (χ0v) is 24.8. The molecule has 1 heterocycles. The molecule has 2 heteroatoms. The topological polar surface area (TPSA) is 33.1 Å². The lowest BCUT2D eigenvalue weighted by Gasteiger charge is -2.58. The number of allylic oxidation sites excluding steroid dienone is 1. The molecular formula is C36H53NO. The van der Waals surface area contributed by atoms with Gasteiger partial charge >= 0.3 is 0 Å². The fourth-order valence-electron chi connectivity index (χ4n) is 9.68. The van der Waals surface area contributed by atoms with Crippen molar-refractivity contribution in [2.24, 2.45) is 46.3 Å². The van der Waals surface area contributed by atoms with Crippen LogP contribution in [0.5, 0.6) is 0 Å². The first kappa shape index (κ1) is 27.9. The molecule has 208 valence electrons. The highest BCUT2D eigenvalue weighted by atomic mass is 16.3. The van der Waals surface area contributed by atoms with Crippen molar-refractivity contribution in [3.05, 3.63) is 54.2 Å². The van der Waals surface area contributed by atoms with Gasteiger partial charge in [0, 0.05) is 11.6 Å². The summed E-state index contributed by atoms with van der Waals surface area (Å²) >= 11 is 0. The van der Waals surface area contributed by atoms with Gasteiger partial charge in [0.05, 0.1) is 11.6 Å². The van der Waals surface area contributed by atoms with Crippen LogP contribution in [0.25, 0.3) is 10.9 Å². The van der Waals surface area contributed by atoms with Crippen LogP contribution in [0.4, 0.5) is 0 Å². The third-order valence-electron chi connectivity index (χ3n) is 11.8. The smallest absolute Gasteiger partial charge is 0.0701 e. The molecule has 4 aliphatic rings. The molecule has 2 nitrogen and oxygen atoms in total. The maximum Gasteiger partial charge on any atom is 0.0701 e. The van der Waals surface area contributed by atoms with E-state index in [-0.39, 0.29) is 6.10 Å². The first-order valence-corrected chi connectivity index (χ1v) is 15.9. The van der Waals surface area contributed by atoms with E-state index in [2.05, 4.69) is 57.8 Å². The average Bonchev–Trinajstić information content (AvgIpc) is 3.26. The molecule has 0 aliphatic heterocycles. The molecule has 0 radical (unpaired) electrons. The molecule has 3 fully saturated rings. The number of hydrogen-bond donors (Lipinski definition) is 1. The summed E-state index contributed by atoms with van der Waals surface area (Å²) in [6.45, 7) is 12.6. The van der Waals surface area contributed by atoms with Gasteiger partial charge in [-0.3, -0.25) is 4.98 Å². The number of aliphatic hydroxyl groups is 1. The molecule has 8 atom stereocenters. The Kier molecular flexibility index (Phi) is 8.39. The largest absolute Gasteiger partial charge is 0.393 e. The van der Waals surface area contributed by atoms with Gasteiger partial charge in [-0.25, -0.2) is 0 Å². The maximum absolute atomic E-state index is 10.2. The van der Waals surface area contributed by atoms with Gasteiger partial charge in [0.1, 0.15) is 0 Å². The van der Waals surface area contributed by atoms with Crippen molar-refractivity contribution in [3.8, 4) is 0 Å². The Labute approximate surface area is 232 Å². The van der Waals surface area contributed by atoms with Gasteiger partial charge in [0.2, 0.25) is 0 Å². The van der Waals surface area contributed by atoms with Crippen molar-refractivity contribution >= 4 is 10.9 Å². The number of para-hydroxylation sites is 1. The van der Waals surface area contributed by atoms with Crippen molar-refractivity contribution in [1.29, 1.82) is 0 Å². The molecular weight excluding hydrogens is 462 g/mol. The predicted octanol–water partition coefficient (Wildman–Crippen LogP) is 9.62. The maximum atomic E-state index is 10.2. The summed E-state index contributed by atoms with van der Waals surface area (Å²) in [5, 5.41) is 11.4. The van der Waals surface area contributed by atoms with Gasteiger partial charge in [-0.15, -0.1) is 0 Å². The number of benzene rings is 1. The summed E-state index contributed by atoms with van der Waals surface area (Å²) in [6, 6.07) is 12.1. The summed E-state index contributed by atoms with van der Waals surface area (Å²) in [5.41, 5.74) is 3.66. The standard InChI is InChI=1S/C27H46O.C9H7N/c1-18(2)7-6-8-19(3)23-11-12-24-22-10-9-20-17-21(28)13-15-26(20,4)25(22)14-16-27(23,24)5;1-2-6-9-8(4-1)5-3-7-10-9/h9,18-19,21-25,28H,6-8,10-17H2,1-5H3;1-7H/t19-,21+,22+,23-,24+,25+,26+,27-;/m1./s1. The van der Waals surface area contributed by atoms with Crippen LogP contribution in [0, 0.1) is 46.3 Å². The fourth-order valence-corrected chi connectivity index (χ4v) is 9.68. The van der Waals surface area contributed by atoms with Crippen molar-refractivity contribution < 1.29 is 5.11 Å². The molecule has 4 aliphatic carbocycles. The highest BCUT2D eigenvalue weighted by Crippen LogP contribution is 2.67. The molecule has 1 aromatic heterocycles. The van der Waals surface area contributed by atoms with Crippen LogP contribution in [-0.2, 0) is 0 Å². The first-order chi connectivity index (χ1) is 18.2. The van der Waals surface area contributed by atoms with E-state index in [0.29, 0.717) is 10.8 Å². The first-order valence-electron chi connectivity index (χ1n) is 15.9. The molecule has 0 bridgehead atoms. The Morgan fingerprint density at radius 3 is 2.50 bits per heavy atom. The predicted molar refractivity (Wildman–Crippen MR) is 161 cm³/mol. The zero-order valence-electron chi connectivity index (χ0n) is 24.8. The second-order valence-electron chi connectivity index (χ2n) is 14.4. The zero-order chi connectivity index (χ0) is 26.9. The summed E-state index contributed by atoms with van der Waals surface area (Å²) in [7, 11) is 0. The van der Waals surface area contributed by atoms with Crippen LogP contribution in [0.3, 0.4) is 0 Å². The summed E-state index contributed by atoms with van der Waals surface area (Å²) in [5.74, 6) is 5.46. The van der Waals surface area contributed by atoms with Gasteiger partial charge in [0.25, 0.3) is 0 Å². The Bertz CT molecular complexity index is 1040. The molecule has 0 amide bonds. The summed E-state index contributed by atoms with van der Waals surface area (Å²) < 4.78 is 0. The van der Waals surface area contributed by atoms with Crippen LogP contribution in [-0.4, -0.2) is 16.2 Å². The van der Waals surface area contributed by atoms with E-state index in [1.54, 1.807) is 5.57 Å². The number of pyridine rings is 1. The van der Waals surface area contributed by atoms with Gasteiger partial charge in [0.15, 0.2) is 0 Å². The van der Waals surface area contributed by atoms with Gasteiger partial charge < -0.3 is 5.11 Å². The van der Waals surface area contributed by atoms with Gasteiger partial charge in [-0.1, -0.05) is 89.8 Å². The van der Waals surface area contributed by atoms with E-state index in [1.807, 2.05) is 30.5 Å². The third kappa shape index (κ3) is 5.36. The van der Waals surface area contributed by atoms with E-state index in [4.69, 9.17) is 0 Å². The molecule has 3 saturated carbocycles. The third-order valence-corrected chi connectivity index (χ3v) is 11.8. The fraction of sp³-hybridized carbons (Fsp3) is 0.694. The van der Waals surface area contributed by atoms with Crippen LogP contribution in [0.2, 0.25) is 0 Å². The van der Waals surface area contributed by atoms with Crippen LogP contribution >= 0.6 is 0 Å². The SMILES string of the molecule is CC(C)CCC[C@@H](C)[C@H]1CC[C@H]2[C@@H]3CC=C4C[C@@H](O)CC[C@]4(C)[C@H]3CC[C@]12C.c1ccc2ncccc2c1. The van der Waals surface area contributed by atoms with Gasteiger partial charge in [-0.2, -0.15) is 0 Å². The highest BCUT2D eigenvalue weighted by Gasteiger charge is 2.59. The second-order valence-corrected chi connectivity index (χ2v) is 14.4. The van der Waals surface area contributed by atoms with Crippen molar-refractivity contribution in [3.63, 3.8) is 0 Å². The molecule has 6 rings (SSSR count). The number of rotatable bonds is 5. The molecule has 1 N–H and O–H groups in total. The van der Waals surface area contributed by atoms with Gasteiger partial charge in [-0.05, 0) is 110 Å². The van der Waals surface area contributed by atoms with Crippen LogP contribution < -0.4 is 0 Å². The molecule has 1 aromatic carbocycles. The quantitative estimate of drug-likeness (QED) is 0.402. The van der Waals surface area contributed by atoms with Crippen molar-refractivity contribution in [1.82, 2.24) is 4.98 Å². The monoisotopic (exact) mass is 515 g/mol. The lowest BCUT2D eigenvalue weighted by Crippen LogP contribution is -2.50. The van der Waals surface area contributed by atoms with Crippen molar-refractivity contribution in [2.45, 2.75) is 111 Å². The minimum atomic E-state index is -0.0766. The van der Waals surface area contributed by atoms with E-state index in [9.17, 15) is 5.11 Å². The average molecular weight is 516 g/mol. The van der Waals surface area contributed by atoms with Crippen LogP contribution in [0.1, 0.15) is 105 Å². The molecule has 0 unspecified atom stereocenters. The number of fused-ring (bicyclic) bond motifs is 6. The van der Waals surface area contributed by atoms with E-state index in [0.717, 1.165) is 53.9 Å². The number of aliphatic hydroxyl groups excluding tert-OH is 1. The lowest BCUT2D eigenvalue weighted by atomic mass is 9.47. The number of aromatic nitrogens is 1. The Balaban J connectivity index is 0.000000244. The Morgan fingerprint density at radius 1 is 0.921 bits per heavy atom.